The van der Waals surface area contributed by atoms with E-state index in [-0.39, 0.29) is 0 Å². The zero-order chi connectivity index (χ0) is 14.4. The molecule has 1 aromatic rings. The van der Waals surface area contributed by atoms with Crippen molar-refractivity contribution in [1.82, 2.24) is 4.90 Å². The van der Waals surface area contributed by atoms with Crippen LogP contribution in [0, 0.1) is 5.92 Å². The fourth-order valence-corrected chi connectivity index (χ4v) is 2.92. The summed E-state index contributed by atoms with van der Waals surface area (Å²) < 4.78 is 1.15. The molecule has 0 spiro atoms. The van der Waals surface area contributed by atoms with Gasteiger partial charge in [-0.3, -0.25) is 4.90 Å². The van der Waals surface area contributed by atoms with E-state index in [1.165, 1.54) is 18.4 Å². The summed E-state index contributed by atoms with van der Waals surface area (Å²) in [6.45, 7) is 11.2. The standard InChI is InChI=1S/C16H27BrN2/c1-5-15(6-2)19(10-12(3)4)11-13-9-14(18)7-8-16(13)17/h7-9,12,15H,5-6,10-11,18H2,1-4H3. The highest BCUT2D eigenvalue weighted by Crippen LogP contribution is 2.23. The number of benzene rings is 1. The van der Waals surface area contributed by atoms with Crippen LogP contribution in [0.5, 0.6) is 0 Å². The van der Waals surface area contributed by atoms with Gasteiger partial charge in [-0.25, -0.2) is 0 Å². The van der Waals surface area contributed by atoms with Gasteiger partial charge in [0.05, 0.1) is 0 Å². The molecule has 0 aliphatic carbocycles. The Bertz CT molecular complexity index is 386. The van der Waals surface area contributed by atoms with E-state index in [2.05, 4.69) is 54.6 Å². The summed E-state index contributed by atoms with van der Waals surface area (Å²) in [5, 5.41) is 0. The summed E-state index contributed by atoms with van der Waals surface area (Å²) in [6, 6.07) is 6.72. The van der Waals surface area contributed by atoms with Gasteiger partial charge < -0.3 is 5.73 Å². The number of anilines is 1. The number of hydrogen-bond acceptors (Lipinski definition) is 2. The van der Waals surface area contributed by atoms with Crippen molar-refractivity contribution in [2.75, 3.05) is 12.3 Å². The maximum Gasteiger partial charge on any atom is 0.0318 e. The van der Waals surface area contributed by atoms with E-state index in [0.29, 0.717) is 12.0 Å². The van der Waals surface area contributed by atoms with E-state index in [9.17, 15) is 0 Å². The summed E-state index contributed by atoms with van der Waals surface area (Å²) in [5.74, 6) is 0.681. The minimum absolute atomic E-state index is 0.649. The van der Waals surface area contributed by atoms with E-state index in [0.717, 1.165) is 23.2 Å². The Kier molecular flexibility index (Phi) is 6.87. The molecule has 0 aliphatic heterocycles. The second-order valence-corrected chi connectivity index (χ2v) is 6.50. The van der Waals surface area contributed by atoms with Crippen LogP contribution in [0.25, 0.3) is 0 Å². The quantitative estimate of drug-likeness (QED) is 0.737. The molecule has 1 aromatic carbocycles. The Hall–Kier alpha value is -0.540. The average molecular weight is 327 g/mol. The van der Waals surface area contributed by atoms with Gasteiger partial charge in [-0.05, 0) is 42.5 Å². The third-order valence-electron chi connectivity index (χ3n) is 3.50. The van der Waals surface area contributed by atoms with Gasteiger partial charge in [0.25, 0.3) is 0 Å². The Balaban J connectivity index is 2.89. The fraction of sp³-hybridized carbons (Fsp3) is 0.625. The first-order valence-corrected chi connectivity index (χ1v) is 8.05. The summed E-state index contributed by atoms with van der Waals surface area (Å²) in [6.07, 6.45) is 2.40. The Labute approximate surface area is 126 Å². The van der Waals surface area contributed by atoms with Gasteiger partial charge in [-0.15, -0.1) is 0 Å². The molecule has 2 nitrogen and oxygen atoms in total. The van der Waals surface area contributed by atoms with Crippen LogP contribution in [-0.2, 0) is 6.54 Å². The molecule has 0 fully saturated rings. The first kappa shape index (κ1) is 16.5. The minimum atomic E-state index is 0.649. The highest BCUT2D eigenvalue weighted by molar-refractivity contribution is 9.10. The van der Waals surface area contributed by atoms with Crippen LogP contribution in [-0.4, -0.2) is 17.5 Å². The summed E-state index contributed by atoms with van der Waals surface area (Å²) in [7, 11) is 0. The van der Waals surface area contributed by atoms with Gasteiger partial charge in [0.15, 0.2) is 0 Å². The Morgan fingerprint density at radius 3 is 2.37 bits per heavy atom. The van der Waals surface area contributed by atoms with E-state index in [1.807, 2.05) is 12.1 Å². The van der Waals surface area contributed by atoms with Crippen molar-refractivity contribution >= 4 is 21.6 Å². The number of halogens is 1. The van der Waals surface area contributed by atoms with Gasteiger partial charge in [-0.1, -0.05) is 43.6 Å². The third kappa shape index (κ3) is 5.15. The number of nitrogens with zero attached hydrogens (tertiary/aromatic N) is 1. The van der Waals surface area contributed by atoms with Gasteiger partial charge >= 0.3 is 0 Å². The van der Waals surface area contributed by atoms with Crippen molar-refractivity contribution in [3.8, 4) is 0 Å². The van der Waals surface area contributed by atoms with Crippen molar-refractivity contribution in [1.29, 1.82) is 0 Å². The molecular weight excluding hydrogens is 300 g/mol. The molecule has 1 rings (SSSR count). The molecule has 0 radical (unpaired) electrons. The molecular formula is C16H27BrN2. The molecule has 0 saturated heterocycles. The van der Waals surface area contributed by atoms with Crippen LogP contribution < -0.4 is 5.73 Å². The fourth-order valence-electron chi connectivity index (χ4n) is 2.55. The van der Waals surface area contributed by atoms with E-state index < -0.39 is 0 Å². The summed E-state index contributed by atoms with van der Waals surface area (Å²) >= 11 is 3.64. The maximum absolute atomic E-state index is 5.91. The van der Waals surface area contributed by atoms with Crippen LogP contribution in [0.2, 0.25) is 0 Å². The van der Waals surface area contributed by atoms with E-state index >= 15 is 0 Å². The van der Waals surface area contributed by atoms with Crippen molar-refractivity contribution in [2.24, 2.45) is 5.92 Å². The first-order valence-electron chi connectivity index (χ1n) is 7.25. The predicted octanol–water partition coefficient (Wildman–Crippen LogP) is 4.68. The van der Waals surface area contributed by atoms with Crippen LogP contribution in [0.1, 0.15) is 46.1 Å². The second-order valence-electron chi connectivity index (χ2n) is 5.64. The highest BCUT2D eigenvalue weighted by atomic mass is 79.9. The predicted molar refractivity (Wildman–Crippen MR) is 88.2 cm³/mol. The first-order chi connectivity index (χ1) is 8.97. The van der Waals surface area contributed by atoms with Crippen LogP contribution >= 0.6 is 15.9 Å². The number of nitrogens with two attached hydrogens (primary N) is 1. The molecule has 0 amide bonds. The summed E-state index contributed by atoms with van der Waals surface area (Å²) in [4.78, 5) is 2.59. The molecule has 0 atom stereocenters. The van der Waals surface area contributed by atoms with Gasteiger partial charge in [0.2, 0.25) is 0 Å². The lowest BCUT2D eigenvalue weighted by atomic mass is 10.1. The van der Waals surface area contributed by atoms with Crippen LogP contribution in [0.15, 0.2) is 22.7 Å². The second kappa shape index (κ2) is 7.91. The lowest BCUT2D eigenvalue weighted by molar-refractivity contribution is 0.157. The molecule has 0 aliphatic rings. The molecule has 0 unspecified atom stereocenters. The zero-order valence-electron chi connectivity index (χ0n) is 12.6. The number of hydrogen-bond donors (Lipinski definition) is 1. The molecule has 19 heavy (non-hydrogen) atoms. The molecule has 0 heterocycles. The smallest absolute Gasteiger partial charge is 0.0318 e. The Morgan fingerprint density at radius 2 is 1.84 bits per heavy atom. The monoisotopic (exact) mass is 326 g/mol. The van der Waals surface area contributed by atoms with Gasteiger partial charge in [-0.2, -0.15) is 0 Å². The van der Waals surface area contributed by atoms with E-state index in [4.69, 9.17) is 5.73 Å². The van der Waals surface area contributed by atoms with Crippen molar-refractivity contribution < 1.29 is 0 Å². The van der Waals surface area contributed by atoms with Gasteiger partial charge in [0, 0.05) is 29.3 Å². The van der Waals surface area contributed by atoms with Crippen LogP contribution in [0.3, 0.4) is 0 Å². The molecule has 0 bridgehead atoms. The average Bonchev–Trinajstić information content (AvgIpc) is 2.34. The molecule has 0 aromatic heterocycles. The lowest BCUT2D eigenvalue weighted by Crippen LogP contribution is -2.36. The lowest BCUT2D eigenvalue weighted by Gasteiger charge is -2.32. The van der Waals surface area contributed by atoms with Gasteiger partial charge in [0.1, 0.15) is 0 Å². The molecule has 108 valence electrons. The zero-order valence-corrected chi connectivity index (χ0v) is 14.2. The van der Waals surface area contributed by atoms with Crippen molar-refractivity contribution in [2.45, 2.75) is 53.1 Å². The van der Waals surface area contributed by atoms with Crippen molar-refractivity contribution in [3.05, 3.63) is 28.2 Å². The van der Waals surface area contributed by atoms with Crippen LogP contribution in [0.4, 0.5) is 5.69 Å². The maximum atomic E-state index is 5.91. The SMILES string of the molecule is CCC(CC)N(Cc1cc(N)ccc1Br)CC(C)C. The molecule has 0 saturated carbocycles. The third-order valence-corrected chi connectivity index (χ3v) is 4.28. The minimum Gasteiger partial charge on any atom is -0.399 e. The highest BCUT2D eigenvalue weighted by Gasteiger charge is 2.17. The Morgan fingerprint density at radius 1 is 1.21 bits per heavy atom. The normalized spacial score (nSPS) is 11.8. The van der Waals surface area contributed by atoms with Crippen molar-refractivity contribution in [3.63, 3.8) is 0 Å². The largest absolute Gasteiger partial charge is 0.399 e. The number of nitrogen functional groups attached to an aromatic ring is 1. The molecule has 2 N–H and O–H groups in total. The topological polar surface area (TPSA) is 29.3 Å². The summed E-state index contributed by atoms with van der Waals surface area (Å²) in [5.41, 5.74) is 8.03. The number of rotatable bonds is 7. The molecule has 3 heteroatoms. The van der Waals surface area contributed by atoms with E-state index in [1.54, 1.807) is 0 Å².